The van der Waals surface area contributed by atoms with Gasteiger partial charge in [-0.2, -0.15) is 0 Å². The third kappa shape index (κ3) is 2.72. The Hall–Kier alpha value is -2.22. The number of aromatic amines is 1. The molecule has 0 aliphatic rings. The number of hydrogen-bond donors (Lipinski definition) is 1. The highest BCUT2D eigenvalue weighted by atomic mass is 32.1. The Kier molecular flexibility index (Phi) is 3.38. The number of rotatable bonds is 4. The quantitative estimate of drug-likeness (QED) is 0.519. The molecule has 0 amide bonds. The second-order valence-electron chi connectivity index (χ2n) is 3.50. The number of nitro groups is 1. The van der Waals surface area contributed by atoms with Crippen LogP contribution in [0.3, 0.4) is 0 Å². The molecule has 0 atom stereocenters. The lowest BCUT2D eigenvalue weighted by atomic mass is 10.2. The molecular weight excluding hydrogens is 258 g/mol. The maximum atomic E-state index is 10.6. The smallest absolute Gasteiger partial charge is 0.284 e. The molecule has 18 heavy (non-hydrogen) atoms. The van der Waals surface area contributed by atoms with Crippen molar-refractivity contribution < 1.29 is 14.1 Å². The maximum Gasteiger partial charge on any atom is 0.284 e. The van der Waals surface area contributed by atoms with Crippen molar-refractivity contribution >= 4 is 17.9 Å². The molecule has 1 N–H and O–H groups in total. The molecule has 1 aromatic carbocycles. The molecule has 0 aliphatic carbocycles. The number of non-ortho nitro benzene ring substituents is 1. The highest BCUT2D eigenvalue weighted by molar-refractivity contribution is 7.71. The average Bonchev–Trinajstić information content (AvgIpc) is 2.73. The normalized spacial score (nSPS) is 10.3. The fraction of sp³-hybridized carbons (Fsp3) is 0.200. The van der Waals surface area contributed by atoms with Crippen molar-refractivity contribution in [3.63, 3.8) is 0 Å². The SMILES string of the molecule is Cc1cc([N+](=O)[O-])ccc1OCc1n[nH]c(=S)o1. The zero-order valence-corrected chi connectivity index (χ0v) is 10.2. The minimum absolute atomic E-state index is 0.0251. The van der Waals surface area contributed by atoms with Crippen LogP contribution >= 0.6 is 12.2 Å². The molecule has 0 unspecified atom stereocenters. The van der Waals surface area contributed by atoms with Crippen molar-refractivity contribution in [1.29, 1.82) is 0 Å². The maximum absolute atomic E-state index is 10.6. The van der Waals surface area contributed by atoms with Gasteiger partial charge in [-0.05, 0) is 30.8 Å². The highest BCUT2D eigenvalue weighted by Crippen LogP contribution is 2.23. The molecule has 7 nitrogen and oxygen atoms in total. The van der Waals surface area contributed by atoms with Crippen LogP contribution < -0.4 is 4.74 Å². The van der Waals surface area contributed by atoms with E-state index in [1.54, 1.807) is 6.92 Å². The Morgan fingerprint density at radius 2 is 2.39 bits per heavy atom. The van der Waals surface area contributed by atoms with Gasteiger partial charge in [0.2, 0.25) is 0 Å². The fourth-order valence-electron chi connectivity index (χ4n) is 1.37. The van der Waals surface area contributed by atoms with E-state index in [1.165, 1.54) is 18.2 Å². The van der Waals surface area contributed by atoms with E-state index < -0.39 is 4.92 Å². The van der Waals surface area contributed by atoms with Crippen LogP contribution in [0.4, 0.5) is 5.69 Å². The lowest BCUT2D eigenvalue weighted by molar-refractivity contribution is -0.384. The Bertz CT molecular complexity index is 634. The van der Waals surface area contributed by atoms with Crippen LogP contribution in [-0.4, -0.2) is 15.1 Å². The van der Waals surface area contributed by atoms with Crippen molar-refractivity contribution in [3.05, 3.63) is 44.6 Å². The zero-order valence-electron chi connectivity index (χ0n) is 9.37. The summed E-state index contributed by atoms with van der Waals surface area (Å²) in [5.74, 6) is 0.850. The van der Waals surface area contributed by atoms with Crippen LogP contribution in [0.25, 0.3) is 0 Å². The first-order valence-electron chi connectivity index (χ1n) is 4.98. The second kappa shape index (κ2) is 4.96. The van der Waals surface area contributed by atoms with Crippen LogP contribution in [0, 0.1) is 21.9 Å². The summed E-state index contributed by atoms with van der Waals surface area (Å²) in [6.45, 7) is 1.83. The van der Waals surface area contributed by atoms with Gasteiger partial charge in [-0.3, -0.25) is 10.1 Å². The minimum atomic E-state index is -0.455. The highest BCUT2D eigenvalue weighted by Gasteiger charge is 2.09. The van der Waals surface area contributed by atoms with Crippen molar-refractivity contribution in [3.8, 4) is 5.75 Å². The zero-order chi connectivity index (χ0) is 13.1. The summed E-state index contributed by atoms with van der Waals surface area (Å²) in [6.07, 6.45) is 0. The summed E-state index contributed by atoms with van der Waals surface area (Å²) in [5.41, 5.74) is 0.690. The Morgan fingerprint density at radius 1 is 1.61 bits per heavy atom. The van der Waals surface area contributed by atoms with E-state index in [0.29, 0.717) is 17.2 Å². The third-order valence-corrected chi connectivity index (χ3v) is 2.38. The van der Waals surface area contributed by atoms with Gasteiger partial charge in [0.1, 0.15) is 5.75 Å². The number of H-pyrrole nitrogens is 1. The number of benzene rings is 1. The van der Waals surface area contributed by atoms with Gasteiger partial charge >= 0.3 is 0 Å². The van der Waals surface area contributed by atoms with E-state index in [4.69, 9.17) is 21.4 Å². The van der Waals surface area contributed by atoms with E-state index in [1.807, 2.05) is 0 Å². The molecule has 0 bridgehead atoms. The average molecular weight is 267 g/mol. The van der Waals surface area contributed by atoms with Gasteiger partial charge in [0.05, 0.1) is 4.92 Å². The van der Waals surface area contributed by atoms with Gasteiger partial charge in [0.15, 0.2) is 6.61 Å². The molecule has 0 radical (unpaired) electrons. The minimum Gasteiger partial charge on any atom is -0.484 e. The summed E-state index contributed by atoms with van der Waals surface area (Å²) in [4.78, 5) is 10.3. The van der Waals surface area contributed by atoms with E-state index in [-0.39, 0.29) is 17.1 Å². The lowest BCUT2D eigenvalue weighted by Crippen LogP contribution is -1.98. The van der Waals surface area contributed by atoms with Gasteiger partial charge < -0.3 is 9.15 Å². The lowest BCUT2D eigenvalue weighted by Gasteiger charge is -2.06. The second-order valence-corrected chi connectivity index (χ2v) is 3.87. The number of aromatic nitrogens is 2. The number of nitrogens with zero attached hydrogens (tertiary/aromatic N) is 2. The molecule has 0 aliphatic heterocycles. The fourth-order valence-corrected chi connectivity index (χ4v) is 1.51. The molecule has 8 heteroatoms. The Labute approximate surface area is 107 Å². The van der Waals surface area contributed by atoms with Crippen LogP contribution in [0.1, 0.15) is 11.5 Å². The number of nitrogens with one attached hydrogen (secondary N) is 1. The van der Waals surface area contributed by atoms with Crippen LogP contribution in [-0.2, 0) is 6.61 Å². The summed E-state index contributed by atoms with van der Waals surface area (Å²) < 4.78 is 10.4. The predicted octanol–water partition coefficient (Wildman–Crippen LogP) is 2.53. The Morgan fingerprint density at radius 3 is 2.94 bits per heavy atom. The monoisotopic (exact) mass is 267 g/mol. The number of ether oxygens (including phenoxy) is 1. The van der Waals surface area contributed by atoms with Crippen molar-refractivity contribution in [2.75, 3.05) is 0 Å². The van der Waals surface area contributed by atoms with E-state index in [2.05, 4.69) is 10.2 Å². The van der Waals surface area contributed by atoms with Crippen molar-refractivity contribution in [1.82, 2.24) is 10.2 Å². The van der Waals surface area contributed by atoms with Gasteiger partial charge in [-0.25, -0.2) is 5.10 Å². The van der Waals surface area contributed by atoms with E-state index >= 15 is 0 Å². The van der Waals surface area contributed by atoms with Crippen LogP contribution in [0.15, 0.2) is 22.6 Å². The molecule has 2 rings (SSSR count). The Balaban J connectivity index is 2.10. The predicted molar refractivity (Wildman–Crippen MR) is 63.9 cm³/mol. The summed E-state index contributed by atoms with van der Waals surface area (Å²) in [7, 11) is 0. The molecule has 0 fully saturated rings. The van der Waals surface area contributed by atoms with E-state index in [0.717, 1.165) is 0 Å². The molecule has 0 saturated heterocycles. The summed E-state index contributed by atoms with van der Waals surface area (Å²) in [6, 6.07) is 4.35. The van der Waals surface area contributed by atoms with Gasteiger partial charge in [-0.1, -0.05) is 0 Å². The third-order valence-electron chi connectivity index (χ3n) is 2.20. The first-order chi connectivity index (χ1) is 8.56. The number of aryl methyl sites for hydroxylation is 1. The standard InChI is InChI=1S/C10H9N3O4S/c1-6-4-7(13(14)15)2-3-8(6)16-5-9-11-12-10(18)17-9/h2-4H,5H2,1H3,(H,12,18). The van der Waals surface area contributed by atoms with Crippen LogP contribution in [0.2, 0.25) is 0 Å². The molecule has 1 aromatic heterocycles. The summed E-state index contributed by atoms with van der Waals surface area (Å²) in [5, 5.41) is 16.8. The molecule has 1 heterocycles. The molecule has 0 spiro atoms. The number of nitro benzene ring substituents is 1. The molecule has 0 saturated carbocycles. The molecule has 2 aromatic rings. The topological polar surface area (TPSA) is 94.2 Å². The van der Waals surface area contributed by atoms with Gasteiger partial charge in [-0.15, -0.1) is 5.10 Å². The largest absolute Gasteiger partial charge is 0.484 e. The first-order valence-corrected chi connectivity index (χ1v) is 5.39. The number of hydrogen-bond acceptors (Lipinski definition) is 6. The van der Waals surface area contributed by atoms with Crippen molar-refractivity contribution in [2.45, 2.75) is 13.5 Å². The summed E-state index contributed by atoms with van der Waals surface area (Å²) >= 11 is 4.72. The van der Waals surface area contributed by atoms with Crippen LogP contribution in [0.5, 0.6) is 5.75 Å². The molecule has 94 valence electrons. The van der Waals surface area contributed by atoms with Gasteiger partial charge in [0, 0.05) is 12.1 Å². The van der Waals surface area contributed by atoms with Gasteiger partial charge in [0.25, 0.3) is 16.4 Å². The molecular formula is C10H9N3O4S. The van der Waals surface area contributed by atoms with E-state index in [9.17, 15) is 10.1 Å². The van der Waals surface area contributed by atoms with Crippen molar-refractivity contribution in [2.24, 2.45) is 0 Å². The first kappa shape index (κ1) is 12.2.